The number of halogens is 2. The van der Waals surface area contributed by atoms with Crippen molar-refractivity contribution < 1.29 is 14.3 Å². The van der Waals surface area contributed by atoms with E-state index in [2.05, 4.69) is 10.6 Å². The largest absolute Gasteiger partial charge is 0.492 e. The predicted octanol–water partition coefficient (Wildman–Crippen LogP) is 1.81. The summed E-state index contributed by atoms with van der Waals surface area (Å²) in [5.74, 6) is -0.0138. The van der Waals surface area contributed by atoms with Crippen molar-refractivity contribution in [3.63, 3.8) is 0 Å². The van der Waals surface area contributed by atoms with Crippen LogP contribution in [0.4, 0.5) is 4.79 Å². The molecule has 1 saturated heterocycles. The molecule has 3 rings (SSSR count). The summed E-state index contributed by atoms with van der Waals surface area (Å²) >= 11 is 12.0. The van der Waals surface area contributed by atoms with Gasteiger partial charge in [0.15, 0.2) is 5.54 Å². The standard InChI is InChI=1S/C11H8Cl2N2O3/c12-5-3-6-8(7(13)4-5)18-2-1-11(6)9(16)14-10(17)15-11/h3-4H,1-2H2,(H2,14,15,16,17). The van der Waals surface area contributed by atoms with Gasteiger partial charge in [-0.15, -0.1) is 0 Å². The molecule has 2 N–H and O–H groups in total. The molecule has 2 heterocycles. The first-order chi connectivity index (χ1) is 8.53. The van der Waals surface area contributed by atoms with E-state index in [-0.39, 0.29) is 0 Å². The highest BCUT2D eigenvalue weighted by Crippen LogP contribution is 2.44. The van der Waals surface area contributed by atoms with Crippen LogP contribution in [0.3, 0.4) is 0 Å². The molecule has 94 valence electrons. The number of nitrogens with one attached hydrogen (secondary N) is 2. The molecule has 2 aliphatic heterocycles. The number of hydrogen-bond acceptors (Lipinski definition) is 3. The second-order valence-electron chi connectivity index (χ2n) is 4.18. The Labute approximate surface area is 112 Å². The van der Waals surface area contributed by atoms with Crippen molar-refractivity contribution >= 4 is 35.1 Å². The van der Waals surface area contributed by atoms with Crippen LogP contribution in [0, 0.1) is 0 Å². The van der Waals surface area contributed by atoms with Gasteiger partial charge in [-0.25, -0.2) is 4.79 Å². The van der Waals surface area contributed by atoms with Crippen molar-refractivity contribution in [1.29, 1.82) is 0 Å². The van der Waals surface area contributed by atoms with Crippen molar-refractivity contribution in [2.24, 2.45) is 0 Å². The van der Waals surface area contributed by atoms with E-state index in [9.17, 15) is 9.59 Å². The zero-order chi connectivity index (χ0) is 12.9. The second-order valence-corrected chi connectivity index (χ2v) is 5.02. The molecule has 0 saturated carbocycles. The number of ether oxygens (including phenoxy) is 1. The Kier molecular flexibility index (Phi) is 2.43. The lowest BCUT2D eigenvalue weighted by atomic mass is 9.84. The molecule has 0 bridgehead atoms. The van der Waals surface area contributed by atoms with Crippen LogP contribution in [0.15, 0.2) is 12.1 Å². The first kappa shape index (κ1) is 11.6. The average molecular weight is 287 g/mol. The van der Waals surface area contributed by atoms with E-state index in [1.807, 2.05) is 0 Å². The Morgan fingerprint density at radius 2 is 2.06 bits per heavy atom. The molecule has 7 heteroatoms. The average Bonchev–Trinajstić information content (AvgIpc) is 2.56. The van der Waals surface area contributed by atoms with Gasteiger partial charge in [0.1, 0.15) is 5.75 Å². The molecule has 1 unspecified atom stereocenters. The highest BCUT2D eigenvalue weighted by molar-refractivity contribution is 6.36. The molecule has 3 amide bonds. The van der Waals surface area contributed by atoms with Gasteiger partial charge in [0.25, 0.3) is 5.91 Å². The smallest absolute Gasteiger partial charge is 0.322 e. The van der Waals surface area contributed by atoms with Crippen molar-refractivity contribution in [3.05, 3.63) is 27.7 Å². The number of urea groups is 1. The lowest BCUT2D eigenvalue weighted by molar-refractivity contribution is -0.125. The molecule has 2 aliphatic rings. The van der Waals surface area contributed by atoms with Gasteiger partial charge in [-0.3, -0.25) is 10.1 Å². The Morgan fingerprint density at radius 3 is 2.72 bits per heavy atom. The lowest BCUT2D eigenvalue weighted by Crippen LogP contribution is -2.47. The fraction of sp³-hybridized carbons (Fsp3) is 0.273. The summed E-state index contributed by atoms with van der Waals surface area (Å²) in [7, 11) is 0. The van der Waals surface area contributed by atoms with E-state index >= 15 is 0 Å². The van der Waals surface area contributed by atoms with Gasteiger partial charge in [0, 0.05) is 17.0 Å². The minimum Gasteiger partial charge on any atom is -0.492 e. The number of carbonyl (C=O) groups is 2. The summed E-state index contributed by atoms with van der Waals surface area (Å²) < 4.78 is 5.46. The topological polar surface area (TPSA) is 67.4 Å². The summed E-state index contributed by atoms with van der Waals surface area (Å²) in [5.41, 5.74) is -0.631. The van der Waals surface area contributed by atoms with Crippen LogP contribution in [0.2, 0.25) is 10.0 Å². The minimum absolute atomic E-state index is 0.294. The summed E-state index contributed by atoms with van der Waals surface area (Å²) in [6, 6.07) is 2.60. The number of carbonyl (C=O) groups excluding carboxylic acids is 2. The van der Waals surface area contributed by atoms with Crippen LogP contribution >= 0.6 is 23.2 Å². The molecule has 0 aliphatic carbocycles. The molecule has 1 atom stereocenters. The second kappa shape index (κ2) is 3.76. The maximum absolute atomic E-state index is 12.0. The summed E-state index contributed by atoms with van der Waals surface area (Å²) in [6.07, 6.45) is 0.342. The normalized spacial score (nSPS) is 25.4. The first-order valence-electron chi connectivity index (χ1n) is 5.29. The number of fused-ring (bicyclic) bond motifs is 2. The zero-order valence-corrected chi connectivity index (χ0v) is 10.6. The minimum atomic E-state index is -1.13. The first-order valence-corrected chi connectivity index (χ1v) is 6.04. The number of benzene rings is 1. The van der Waals surface area contributed by atoms with E-state index in [1.165, 1.54) is 6.07 Å². The van der Waals surface area contributed by atoms with E-state index in [0.717, 1.165) is 0 Å². The van der Waals surface area contributed by atoms with Gasteiger partial charge in [0.05, 0.1) is 11.6 Å². The van der Waals surface area contributed by atoms with Crippen LogP contribution in [0.5, 0.6) is 5.75 Å². The van der Waals surface area contributed by atoms with Gasteiger partial charge >= 0.3 is 6.03 Å². The molecule has 0 radical (unpaired) electrons. The predicted molar refractivity (Wildman–Crippen MR) is 64.9 cm³/mol. The van der Waals surface area contributed by atoms with Gasteiger partial charge in [0.2, 0.25) is 0 Å². The zero-order valence-electron chi connectivity index (χ0n) is 9.05. The highest BCUT2D eigenvalue weighted by Gasteiger charge is 2.51. The number of rotatable bonds is 0. The number of hydrogen-bond donors (Lipinski definition) is 2. The third-order valence-electron chi connectivity index (χ3n) is 3.13. The molecule has 18 heavy (non-hydrogen) atoms. The molecular formula is C11H8Cl2N2O3. The molecule has 1 aromatic carbocycles. The highest BCUT2D eigenvalue weighted by atomic mass is 35.5. The van der Waals surface area contributed by atoms with Crippen molar-refractivity contribution in [1.82, 2.24) is 10.6 Å². The molecule has 1 fully saturated rings. The molecule has 5 nitrogen and oxygen atoms in total. The third kappa shape index (κ3) is 1.47. The summed E-state index contributed by atoms with van der Waals surface area (Å²) in [4.78, 5) is 23.4. The number of amides is 3. The van der Waals surface area contributed by atoms with Crippen LogP contribution in [-0.2, 0) is 10.3 Å². The fourth-order valence-electron chi connectivity index (χ4n) is 2.32. The Balaban J connectivity index is 2.23. The maximum Gasteiger partial charge on any atom is 0.322 e. The van der Waals surface area contributed by atoms with E-state index in [0.29, 0.717) is 34.4 Å². The van der Waals surface area contributed by atoms with E-state index in [4.69, 9.17) is 27.9 Å². The van der Waals surface area contributed by atoms with Crippen molar-refractivity contribution in [3.8, 4) is 5.75 Å². The maximum atomic E-state index is 12.0. The molecule has 1 aromatic rings. The van der Waals surface area contributed by atoms with E-state index < -0.39 is 17.5 Å². The van der Waals surface area contributed by atoms with Gasteiger partial charge in [-0.05, 0) is 12.1 Å². The quantitative estimate of drug-likeness (QED) is 0.715. The molecular weight excluding hydrogens is 279 g/mol. The van der Waals surface area contributed by atoms with Crippen molar-refractivity contribution in [2.45, 2.75) is 12.0 Å². The van der Waals surface area contributed by atoms with E-state index in [1.54, 1.807) is 6.07 Å². The SMILES string of the molecule is O=C1NC(=O)C2(CCOc3c(Cl)cc(Cl)cc32)N1. The van der Waals surface area contributed by atoms with Crippen LogP contribution < -0.4 is 15.4 Å². The monoisotopic (exact) mass is 286 g/mol. The molecule has 0 aromatic heterocycles. The van der Waals surface area contributed by atoms with Gasteiger partial charge in [-0.1, -0.05) is 23.2 Å². The fourth-order valence-corrected chi connectivity index (χ4v) is 2.87. The number of imide groups is 1. The Hall–Kier alpha value is -1.46. The van der Waals surface area contributed by atoms with Crippen LogP contribution in [0.25, 0.3) is 0 Å². The summed E-state index contributed by atoms with van der Waals surface area (Å²) in [5, 5.41) is 5.57. The van der Waals surface area contributed by atoms with Crippen molar-refractivity contribution in [2.75, 3.05) is 6.61 Å². The van der Waals surface area contributed by atoms with Crippen LogP contribution in [0.1, 0.15) is 12.0 Å². The van der Waals surface area contributed by atoms with Gasteiger partial charge < -0.3 is 10.1 Å². The Bertz CT molecular complexity index is 576. The third-order valence-corrected chi connectivity index (χ3v) is 3.63. The molecule has 1 spiro atoms. The van der Waals surface area contributed by atoms with Crippen LogP contribution in [-0.4, -0.2) is 18.5 Å². The lowest BCUT2D eigenvalue weighted by Gasteiger charge is -2.33. The Morgan fingerprint density at radius 1 is 1.28 bits per heavy atom. The van der Waals surface area contributed by atoms with Gasteiger partial charge in [-0.2, -0.15) is 0 Å². The summed E-state index contributed by atoms with van der Waals surface area (Å²) in [6.45, 7) is 0.294.